The number of aliphatic hydroxyl groups excluding tert-OH is 1. The molecule has 0 atom stereocenters. The third-order valence-corrected chi connectivity index (χ3v) is 5.34. The van der Waals surface area contributed by atoms with Crippen molar-refractivity contribution in [1.82, 2.24) is 9.80 Å². The van der Waals surface area contributed by atoms with Gasteiger partial charge in [0.05, 0.1) is 13.2 Å². The lowest BCUT2D eigenvalue weighted by Gasteiger charge is -2.33. The summed E-state index contributed by atoms with van der Waals surface area (Å²) in [5.41, 5.74) is 0. The van der Waals surface area contributed by atoms with Crippen molar-refractivity contribution >= 4 is 5.78 Å². The highest BCUT2D eigenvalue weighted by Gasteiger charge is 2.18. The van der Waals surface area contributed by atoms with Crippen molar-refractivity contribution < 1.29 is 9.90 Å². The molecular weight excluding hydrogens is 312 g/mol. The minimum atomic E-state index is 0.234. The van der Waals surface area contributed by atoms with Crippen LogP contribution in [-0.4, -0.2) is 66.6 Å². The van der Waals surface area contributed by atoms with E-state index in [4.69, 9.17) is 5.11 Å². The number of piperazine rings is 1. The van der Waals surface area contributed by atoms with Crippen LogP contribution in [0.15, 0.2) is 0 Å². The van der Waals surface area contributed by atoms with Gasteiger partial charge in [-0.1, -0.05) is 71.1 Å². The lowest BCUT2D eigenvalue weighted by atomic mass is 10.0. The molecule has 0 aromatic carbocycles. The normalized spacial score (nSPS) is 16.4. The molecule has 1 fully saturated rings. The Morgan fingerprint density at radius 3 is 1.76 bits per heavy atom. The molecule has 25 heavy (non-hydrogen) atoms. The maximum absolute atomic E-state index is 12.1. The summed E-state index contributed by atoms with van der Waals surface area (Å²) < 4.78 is 0. The van der Waals surface area contributed by atoms with Crippen molar-refractivity contribution in [2.45, 2.75) is 84.0 Å². The first-order valence-corrected chi connectivity index (χ1v) is 10.8. The third kappa shape index (κ3) is 12.5. The minimum absolute atomic E-state index is 0.234. The molecule has 0 radical (unpaired) electrons. The largest absolute Gasteiger partial charge is 0.395 e. The van der Waals surface area contributed by atoms with Crippen LogP contribution in [-0.2, 0) is 4.79 Å². The van der Waals surface area contributed by atoms with Crippen LogP contribution >= 0.6 is 0 Å². The highest BCUT2D eigenvalue weighted by Crippen LogP contribution is 2.12. The summed E-state index contributed by atoms with van der Waals surface area (Å²) in [5.74, 6) is 0.409. The van der Waals surface area contributed by atoms with Crippen LogP contribution in [0.25, 0.3) is 0 Å². The van der Waals surface area contributed by atoms with Crippen molar-refractivity contribution in [3.63, 3.8) is 0 Å². The van der Waals surface area contributed by atoms with Crippen LogP contribution in [0.5, 0.6) is 0 Å². The molecule has 1 aliphatic rings. The molecule has 1 saturated heterocycles. The SMILES string of the molecule is CCCCCCCCCCCCCC(=O)CN1CCN(CCO)CC1. The second-order valence-electron chi connectivity index (χ2n) is 7.67. The maximum Gasteiger partial charge on any atom is 0.146 e. The number of β-amino-alcohol motifs (C(OH)–C–C–N with tert-alkyl or cyclic N) is 1. The predicted octanol–water partition coefficient (Wildman–Crippen LogP) is 3.87. The maximum atomic E-state index is 12.1. The molecule has 0 aromatic heterocycles. The number of unbranched alkanes of at least 4 members (excludes halogenated alkanes) is 10. The first-order valence-electron chi connectivity index (χ1n) is 10.8. The fourth-order valence-electron chi connectivity index (χ4n) is 3.63. The molecule has 0 unspecified atom stereocenters. The smallest absolute Gasteiger partial charge is 0.146 e. The van der Waals surface area contributed by atoms with E-state index in [9.17, 15) is 4.79 Å². The first kappa shape index (κ1) is 22.6. The Morgan fingerprint density at radius 2 is 1.24 bits per heavy atom. The average Bonchev–Trinajstić information content (AvgIpc) is 2.61. The van der Waals surface area contributed by atoms with E-state index in [0.717, 1.165) is 45.6 Å². The Morgan fingerprint density at radius 1 is 0.760 bits per heavy atom. The van der Waals surface area contributed by atoms with Gasteiger partial charge in [0, 0.05) is 39.1 Å². The van der Waals surface area contributed by atoms with Gasteiger partial charge < -0.3 is 5.11 Å². The van der Waals surface area contributed by atoms with Crippen LogP contribution in [0.1, 0.15) is 84.0 Å². The van der Waals surface area contributed by atoms with E-state index in [0.29, 0.717) is 12.3 Å². The van der Waals surface area contributed by atoms with Crippen molar-refractivity contribution in [1.29, 1.82) is 0 Å². The van der Waals surface area contributed by atoms with E-state index in [1.807, 2.05) is 0 Å². The van der Waals surface area contributed by atoms with E-state index in [1.165, 1.54) is 64.2 Å². The molecule has 0 aliphatic carbocycles. The summed E-state index contributed by atoms with van der Waals surface area (Å²) in [6.45, 7) is 7.78. The van der Waals surface area contributed by atoms with Gasteiger partial charge in [-0.2, -0.15) is 0 Å². The number of hydrogen-bond donors (Lipinski definition) is 1. The minimum Gasteiger partial charge on any atom is -0.395 e. The Balaban J connectivity index is 1.86. The molecule has 1 N–H and O–H groups in total. The molecule has 0 saturated carbocycles. The zero-order valence-corrected chi connectivity index (χ0v) is 16.7. The fraction of sp³-hybridized carbons (Fsp3) is 0.952. The molecule has 0 spiro atoms. The summed E-state index contributed by atoms with van der Waals surface area (Å²) in [7, 11) is 0. The summed E-state index contributed by atoms with van der Waals surface area (Å²) in [5, 5.41) is 8.95. The van der Waals surface area contributed by atoms with Crippen molar-refractivity contribution in [2.75, 3.05) is 45.9 Å². The number of ketones is 1. The monoisotopic (exact) mass is 354 g/mol. The molecule has 4 nitrogen and oxygen atoms in total. The summed E-state index contributed by atoms with van der Waals surface area (Å²) in [6, 6.07) is 0. The third-order valence-electron chi connectivity index (χ3n) is 5.34. The zero-order valence-electron chi connectivity index (χ0n) is 16.7. The van der Waals surface area contributed by atoms with Crippen LogP contribution in [0, 0.1) is 0 Å². The van der Waals surface area contributed by atoms with Crippen LogP contribution in [0.3, 0.4) is 0 Å². The van der Waals surface area contributed by atoms with Crippen LogP contribution in [0.4, 0.5) is 0 Å². The molecule has 148 valence electrons. The van der Waals surface area contributed by atoms with Gasteiger partial charge in [-0.05, 0) is 6.42 Å². The average molecular weight is 355 g/mol. The second-order valence-corrected chi connectivity index (χ2v) is 7.67. The number of carbonyl (C=O) groups is 1. The quantitative estimate of drug-likeness (QED) is 0.427. The molecular formula is C21H42N2O2. The molecule has 1 aliphatic heterocycles. The Hall–Kier alpha value is -0.450. The van der Waals surface area contributed by atoms with Crippen LogP contribution < -0.4 is 0 Å². The Kier molecular flexibility index (Phi) is 14.3. The van der Waals surface area contributed by atoms with Gasteiger partial charge in [0.1, 0.15) is 5.78 Å². The van der Waals surface area contributed by atoms with Crippen molar-refractivity contribution in [3.05, 3.63) is 0 Å². The van der Waals surface area contributed by atoms with Crippen molar-refractivity contribution in [3.8, 4) is 0 Å². The molecule has 4 heteroatoms. The van der Waals surface area contributed by atoms with Gasteiger partial charge in [-0.15, -0.1) is 0 Å². The van der Waals surface area contributed by atoms with Gasteiger partial charge in [0.2, 0.25) is 0 Å². The fourth-order valence-corrected chi connectivity index (χ4v) is 3.63. The summed E-state index contributed by atoms with van der Waals surface area (Å²) >= 11 is 0. The first-order chi connectivity index (χ1) is 12.3. The molecule has 1 heterocycles. The predicted molar refractivity (Wildman–Crippen MR) is 106 cm³/mol. The number of aliphatic hydroxyl groups is 1. The number of nitrogens with zero attached hydrogens (tertiary/aromatic N) is 2. The number of Topliss-reactive ketones (excluding diaryl/α,β-unsaturated/α-hetero) is 1. The van der Waals surface area contributed by atoms with E-state index < -0.39 is 0 Å². The Bertz CT molecular complexity index is 315. The highest BCUT2D eigenvalue weighted by atomic mass is 16.3. The van der Waals surface area contributed by atoms with E-state index in [1.54, 1.807) is 0 Å². The number of carbonyl (C=O) groups excluding carboxylic acids is 1. The summed E-state index contributed by atoms with van der Waals surface area (Å²) in [6.07, 6.45) is 15.4. The Labute approximate surface area is 156 Å². The van der Waals surface area contributed by atoms with E-state index >= 15 is 0 Å². The van der Waals surface area contributed by atoms with Crippen molar-refractivity contribution in [2.24, 2.45) is 0 Å². The van der Waals surface area contributed by atoms with E-state index in [-0.39, 0.29) is 6.61 Å². The van der Waals surface area contributed by atoms with Gasteiger partial charge in [0.25, 0.3) is 0 Å². The second kappa shape index (κ2) is 15.8. The lowest BCUT2D eigenvalue weighted by Crippen LogP contribution is -2.48. The van der Waals surface area contributed by atoms with Gasteiger partial charge in [-0.25, -0.2) is 0 Å². The molecule has 0 bridgehead atoms. The summed E-state index contributed by atoms with van der Waals surface area (Å²) in [4.78, 5) is 16.6. The van der Waals surface area contributed by atoms with Crippen LogP contribution in [0.2, 0.25) is 0 Å². The lowest BCUT2D eigenvalue weighted by molar-refractivity contribution is -0.120. The molecule has 0 amide bonds. The van der Waals surface area contributed by atoms with Gasteiger partial charge in [0.15, 0.2) is 0 Å². The number of rotatable bonds is 16. The topological polar surface area (TPSA) is 43.8 Å². The van der Waals surface area contributed by atoms with E-state index in [2.05, 4.69) is 16.7 Å². The number of hydrogen-bond acceptors (Lipinski definition) is 4. The molecule has 1 rings (SSSR count). The van der Waals surface area contributed by atoms with Gasteiger partial charge in [-0.3, -0.25) is 14.6 Å². The standard InChI is InChI=1S/C21H42N2O2/c1-2-3-4-5-6-7-8-9-10-11-12-13-21(25)20-23-16-14-22(15-17-23)18-19-24/h24H,2-20H2,1H3. The van der Waals surface area contributed by atoms with Gasteiger partial charge >= 0.3 is 0 Å². The zero-order chi connectivity index (χ0) is 18.2. The highest BCUT2D eigenvalue weighted by molar-refractivity contribution is 5.80. The molecule has 0 aromatic rings.